The van der Waals surface area contributed by atoms with Gasteiger partial charge in [-0.3, -0.25) is 0 Å². The van der Waals surface area contributed by atoms with Gasteiger partial charge in [0, 0.05) is 49.8 Å². The quantitative estimate of drug-likeness (QED) is 0.182. The van der Waals surface area contributed by atoms with E-state index >= 15 is 0 Å². The van der Waals surface area contributed by atoms with Crippen molar-refractivity contribution in [3.8, 4) is 17.4 Å². The second-order valence-electron chi connectivity index (χ2n) is 17.7. The van der Waals surface area contributed by atoms with Crippen molar-refractivity contribution in [2.75, 3.05) is 0 Å². The largest absolute Gasteiger partial charge is 0.455 e. The average Bonchev–Trinajstić information content (AvgIpc) is 3.96. The Balaban J connectivity index is 1.23. The van der Waals surface area contributed by atoms with E-state index in [1.165, 1.54) is 17.3 Å². The fourth-order valence-electron chi connectivity index (χ4n) is 9.24. The molecular weight excluding hydrogens is 713 g/mol. The number of fused-ring (bicyclic) bond motifs is 14. The van der Waals surface area contributed by atoms with Gasteiger partial charge < -0.3 is 23.4 Å². The van der Waals surface area contributed by atoms with Crippen molar-refractivity contribution in [3.05, 3.63) is 144 Å². The summed E-state index contributed by atoms with van der Waals surface area (Å²) in [6.07, 6.45) is 1.38. The summed E-state index contributed by atoms with van der Waals surface area (Å²) in [7, 11) is 0. The molecule has 0 aliphatic heterocycles. The Bertz CT molecular complexity index is 3620. The second kappa shape index (κ2) is 11.7. The lowest BCUT2D eigenvalue weighted by molar-refractivity contribution is 0.591. The maximum atomic E-state index is 11.1. The molecule has 4 heterocycles. The fraction of sp³-hybridized carbons (Fsp3) is 0.154. The summed E-state index contributed by atoms with van der Waals surface area (Å²) >= 11 is 0. The van der Waals surface area contributed by atoms with Crippen molar-refractivity contribution in [1.29, 1.82) is 10.7 Å². The molecule has 7 aromatic carbocycles. The first-order chi connectivity index (χ1) is 27.9. The van der Waals surface area contributed by atoms with Gasteiger partial charge in [0.25, 0.3) is 0 Å². The molecule has 0 amide bonds. The molecule has 0 aliphatic rings. The first-order valence-corrected chi connectivity index (χ1v) is 19.8. The van der Waals surface area contributed by atoms with Crippen LogP contribution in [0.3, 0.4) is 0 Å². The van der Waals surface area contributed by atoms with Crippen LogP contribution in [0.15, 0.2) is 130 Å². The summed E-state index contributed by atoms with van der Waals surface area (Å²) in [5.41, 5.74) is 12.0. The van der Waals surface area contributed by atoms with E-state index in [2.05, 4.69) is 130 Å². The molecule has 0 fully saturated rings. The van der Waals surface area contributed by atoms with Crippen LogP contribution in [0, 0.1) is 16.7 Å². The van der Waals surface area contributed by atoms with E-state index < -0.39 is 0 Å². The van der Waals surface area contributed by atoms with Gasteiger partial charge in [-0.25, -0.2) is 0 Å². The zero-order valence-corrected chi connectivity index (χ0v) is 33.3. The minimum absolute atomic E-state index is 0.0722. The minimum atomic E-state index is -0.0894. The van der Waals surface area contributed by atoms with Gasteiger partial charge in [-0.15, -0.1) is 0 Å². The first-order valence-electron chi connectivity index (χ1n) is 19.8. The molecule has 58 heavy (non-hydrogen) atoms. The van der Waals surface area contributed by atoms with Gasteiger partial charge >= 0.3 is 0 Å². The third-order valence-corrected chi connectivity index (χ3v) is 12.2. The second-order valence-corrected chi connectivity index (χ2v) is 17.7. The first kappa shape index (κ1) is 34.2. The number of para-hydroxylation sites is 2. The molecule has 280 valence electrons. The summed E-state index contributed by atoms with van der Waals surface area (Å²) in [6.45, 7) is 13.4. The summed E-state index contributed by atoms with van der Waals surface area (Å²) in [4.78, 5) is 0. The van der Waals surface area contributed by atoms with Crippen LogP contribution in [0.2, 0.25) is 0 Å². The molecule has 11 rings (SSSR count). The Labute approximate surface area is 334 Å². The molecule has 0 unspecified atom stereocenters. The van der Waals surface area contributed by atoms with Crippen molar-refractivity contribution in [1.82, 2.24) is 9.13 Å². The fourth-order valence-corrected chi connectivity index (χ4v) is 9.24. The van der Waals surface area contributed by atoms with Crippen molar-refractivity contribution >= 4 is 93.7 Å². The van der Waals surface area contributed by atoms with E-state index in [0.717, 1.165) is 93.2 Å². The van der Waals surface area contributed by atoms with Crippen LogP contribution in [0.4, 0.5) is 0 Å². The average molecular weight is 753 g/mol. The normalized spacial score (nSPS) is 12.7. The van der Waals surface area contributed by atoms with Crippen molar-refractivity contribution < 1.29 is 8.83 Å². The number of benzene rings is 7. The minimum Gasteiger partial charge on any atom is -0.455 e. The maximum Gasteiger partial charge on any atom is 0.145 e. The molecule has 6 heteroatoms. The molecule has 6 nitrogen and oxygen atoms in total. The number of hydrogen-bond acceptors (Lipinski definition) is 4. The highest BCUT2D eigenvalue weighted by Crippen LogP contribution is 2.45. The summed E-state index contributed by atoms with van der Waals surface area (Å²) in [5.74, 6) is 0. The Morgan fingerprint density at radius 1 is 0.534 bits per heavy atom. The van der Waals surface area contributed by atoms with Gasteiger partial charge in [0.05, 0.1) is 44.1 Å². The van der Waals surface area contributed by atoms with E-state index in [4.69, 9.17) is 14.2 Å². The number of nitriles is 1. The summed E-state index contributed by atoms with van der Waals surface area (Å²) in [6, 6.07) is 44.8. The number of rotatable bonds is 3. The van der Waals surface area contributed by atoms with Crippen LogP contribution in [0.5, 0.6) is 0 Å². The van der Waals surface area contributed by atoms with Gasteiger partial charge in [0.2, 0.25) is 0 Å². The molecular formula is C52H40N4O2. The predicted molar refractivity (Wildman–Crippen MR) is 240 cm³/mol. The zero-order chi connectivity index (χ0) is 39.8. The number of nitrogens with zero attached hydrogens (tertiary/aromatic N) is 3. The van der Waals surface area contributed by atoms with Gasteiger partial charge in [-0.05, 0) is 94.8 Å². The molecule has 0 saturated heterocycles. The third kappa shape index (κ3) is 4.68. The van der Waals surface area contributed by atoms with Crippen LogP contribution < -0.4 is 0 Å². The molecule has 11 aromatic rings. The van der Waals surface area contributed by atoms with E-state index in [0.29, 0.717) is 16.8 Å². The highest BCUT2D eigenvalue weighted by Gasteiger charge is 2.26. The van der Waals surface area contributed by atoms with Crippen molar-refractivity contribution in [2.45, 2.75) is 52.4 Å². The Morgan fingerprint density at radius 3 is 1.52 bits per heavy atom. The number of hydrogen-bond donors (Lipinski definition) is 1. The molecule has 0 saturated carbocycles. The van der Waals surface area contributed by atoms with Crippen molar-refractivity contribution in [2.24, 2.45) is 0 Å². The Kier molecular flexibility index (Phi) is 6.91. The predicted octanol–water partition coefficient (Wildman–Crippen LogP) is 14.1. The molecule has 0 radical (unpaired) electrons. The van der Waals surface area contributed by atoms with Gasteiger partial charge in [0.15, 0.2) is 0 Å². The van der Waals surface area contributed by atoms with Gasteiger partial charge in [-0.1, -0.05) is 90.1 Å². The number of nitrogens with one attached hydrogen (secondary N) is 1. The van der Waals surface area contributed by atoms with E-state index in [-0.39, 0.29) is 10.8 Å². The SMILES string of the molecule is CC(C)(C)c1ccc2c(c1)c1c3oc4ccccc4c3ccc1n2-c1cc(C#N)c(-n2c3ccc(C(C)(C)C)cc3c3c4oc5ccccc5c4ccc32)c(C=N)c1. The van der Waals surface area contributed by atoms with Crippen LogP contribution in [0.25, 0.3) is 98.9 Å². The molecule has 1 N–H and O–H groups in total. The van der Waals surface area contributed by atoms with E-state index in [1.54, 1.807) is 0 Å². The molecule has 4 aromatic heterocycles. The Hall–Kier alpha value is -7.10. The molecule has 0 spiro atoms. The van der Waals surface area contributed by atoms with E-state index in [1.807, 2.05) is 48.5 Å². The highest BCUT2D eigenvalue weighted by atomic mass is 16.3. The standard InChI is InChI=1S/C52H40N4O2/c1-51(2,3)31-15-19-40-38(25-31)46-42(21-17-36-34-11-7-9-13-44(34)57-49(36)46)55(40)33-23-29(27-53)48(30(24-33)28-54)56-41-20-16-32(52(4,5)6)26-39(41)47-43(56)22-18-37-35-12-8-10-14-45(35)58-50(37)47/h7-27,53H,1-6H3. The summed E-state index contributed by atoms with van der Waals surface area (Å²) in [5, 5.41) is 28.4. The molecule has 0 bridgehead atoms. The van der Waals surface area contributed by atoms with Crippen LogP contribution in [0.1, 0.15) is 63.8 Å². The van der Waals surface area contributed by atoms with Gasteiger partial charge in [0.1, 0.15) is 28.4 Å². The monoisotopic (exact) mass is 752 g/mol. The molecule has 0 atom stereocenters. The number of furan rings is 2. The van der Waals surface area contributed by atoms with Crippen LogP contribution >= 0.6 is 0 Å². The summed E-state index contributed by atoms with van der Waals surface area (Å²) < 4.78 is 17.7. The topological polar surface area (TPSA) is 83.8 Å². The van der Waals surface area contributed by atoms with E-state index in [9.17, 15) is 5.26 Å². The number of aromatic nitrogens is 2. The smallest absolute Gasteiger partial charge is 0.145 e. The highest BCUT2D eigenvalue weighted by molar-refractivity contribution is 6.25. The lowest BCUT2D eigenvalue weighted by Crippen LogP contribution is -2.11. The van der Waals surface area contributed by atoms with Crippen molar-refractivity contribution in [3.63, 3.8) is 0 Å². The maximum absolute atomic E-state index is 11.1. The lowest BCUT2D eigenvalue weighted by Gasteiger charge is -2.20. The molecule has 0 aliphatic carbocycles. The third-order valence-electron chi connectivity index (χ3n) is 12.2. The van der Waals surface area contributed by atoms with Crippen LogP contribution in [-0.4, -0.2) is 15.3 Å². The zero-order valence-electron chi connectivity index (χ0n) is 33.3. The Morgan fingerprint density at radius 2 is 1.02 bits per heavy atom. The lowest BCUT2D eigenvalue weighted by atomic mass is 9.86. The van der Waals surface area contributed by atoms with Crippen LogP contribution in [-0.2, 0) is 10.8 Å². The van der Waals surface area contributed by atoms with Gasteiger partial charge in [-0.2, -0.15) is 5.26 Å².